The maximum absolute atomic E-state index is 11.7. The molecule has 0 N–H and O–H groups in total. The Morgan fingerprint density at radius 3 is 0.750 bits per heavy atom. The maximum atomic E-state index is 11.7. The highest BCUT2D eigenvalue weighted by atomic mass is 31.2. The summed E-state index contributed by atoms with van der Waals surface area (Å²) >= 11 is 0. The fourth-order valence-corrected chi connectivity index (χ4v) is 6.13. The van der Waals surface area contributed by atoms with Crippen LogP contribution in [-0.2, 0) is 27.2 Å². The van der Waals surface area contributed by atoms with Crippen LogP contribution in [0.1, 0.15) is 128 Å². The Labute approximate surface area is 271 Å². The first-order chi connectivity index (χ1) is 20.6. The molecule has 0 heterocycles. The third-order valence-corrected chi connectivity index (χ3v) is 9.56. The van der Waals surface area contributed by atoms with E-state index in [-0.39, 0.29) is 26.4 Å². The van der Waals surface area contributed by atoms with Crippen molar-refractivity contribution in [1.82, 2.24) is 0 Å². The summed E-state index contributed by atoms with van der Waals surface area (Å²) in [7, 11) is 3.61. The van der Waals surface area contributed by atoms with Crippen molar-refractivity contribution in [2.45, 2.75) is 128 Å². The lowest BCUT2D eigenvalue weighted by molar-refractivity contribution is -0.870. The minimum absolute atomic E-state index is 0.152. The highest BCUT2D eigenvalue weighted by Gasteiger charge is 2.14. The molecule has 12 heteroatoms. The average molecular weight is 673 g/mol. The molecule has 0 aliphatic rings. The van der Waals surface area contributed by atoms with E-state index in [1.165, 1.54) is 89.9 Å². The van der Waals surface area contributed by atoms with Crippen LogP contribution in [0.3, 0.4) is 0 Å². The summed E-state index contributed by atoms with van der Waals surface area (Å²) in [4.78, 5) is 23.5. The first-order valence-electron chi connectivity index (χ1n) is 17.4. The summed E-state index contributed by atoms with van der Waals surface area (Å²) in [6.45, 7) is 1.97. The Bertz CT molecular complexity index is 698. The van der Waals surface area contributed by atoms with E-state index in [0.717, 1.165) is 38.5 Å². The fourth-order valence-electron chi connectivity index (χ4n) is 4.67. The van der Waals surface area contributed by atoms with Crippen molar-refractivity contribution < 1.29 is 46.0 Å². The van der Waals surface area contributed by atoms with Gasteiger partial charge in [0.25, 0.3) is 15.6 Å². The molecule has 0 aliphatic carbocycles. The van der Waals surface area contributed by atoms with Crippen molar-refractivity contribution >= 4 is 15.6 Å². The van der Waals surface area contributed by atoms with Crippen molar-refractivity contribution in [3.05, 3.63) is 0 Å². The van der Waals surface area contributed by atoms with E-state index < -0.39 is 15.6 Å². The second kappa shape index (κ2) is 26.1. The molecule has 10 nitrogen and oxygen atoms in total. The smallest absolute Gasteiger partial charge is 0.268 e. The van der Waals surface area contributed by atoms with Crippen LogP contribution in [-0.4, -0.2) is 90.8 Å². The minimum Gasteiger partial charge on any atom is -0.756 e. The Kier molecular flexibility index (Phi) is 26.2. The topological polar surface area (TPSA) is 117 Å². The molecule has 0 aromatic rings. The number of phosphoric acid groups is 2. The van der Waals surface area contributed by atoms with E-state index in [1.54, 1.807) is 0 Å². The van der Waals surface area contributed by atoms with Crippen molar-refractivity contribution in [2.75, 3.05) is 81.8 Å². The second-order valence-corrected chi connectivity index (χ2v) is 17.1. The predicted octanol–water partition coefficient (Wildman–Crippen LogP) is 7.20. The van der Waals surface area contributed by atoms with Gasteiger partial charge in [-0.2, -0.15) is 0 Å². The molecule has 2 unspecified atom stereocenters. The maximum Gasteiger partial charge on any atom is 0.268 e. The molecule has 266 valence electrons. The van der Waals surface area contributed by atoms with Crippen molar-refractivity contribution in [3.63, 3.8) is 0 Å². The molecular weight excluding hydrogens is 602 g/mol. The molecule has 0 radical (unpaired) electrons. The Balaban J connectivity index is 3.31. The molecular formula is C32H70N2O8P2. The number of phosphoric ester groups is 2. The fraction of sp³-hybridized carbons (Fsp3) is 1.00. The van der Waals surface area contributed by atoms with Crippen LogP contribution in [0.25, 0.3) is 0 Å². The van der Waals surface area contributed by atoms with E-state index in [0.29, 0.717) is 22.1 Å². The van der Waals surface area contributed by atoms with Gasteiger partial charge in [0.15, 0.2) is 0 Å². The molecule has 44 heavy (non-hydrogen) atoms. The van der Waals surface area contributed by atoms with Gasteiger partial charge in [-0.3, -0.25) is 9.13 Å². The van der Waals surface area contributed by atoms with Crippen molar-refractivity contribution in [1.29, 1.82) is 0 Å². The molecule has 0 saturated carbocycles. The standard InChI is InChI=1S/C32H70N2O8P2/c1-33(2,3)27-31-41-43(35,36)39-29-25-23-21-19-17-15-13-11-9-7-8-10-12-14-16-18-20-22-24-26-30-40-44(37,38)42-32-28-34(4,5)6/h7-32H2,1-6H3. The molecule has 0 rings (SSSR count). The van der Waals surface area contributed by atoms with Crippen LogP contribution in [0.15, 0.2) is 0 Å². The number of unbranched alkanes of at least 4 members (excludes halogenated alkanes) is 19. The largest absolute Gasteiger partial charge is 0.756 e. The number of hydrogen-bond acceptors (Lipinski definition) is 8. The molecule has 0 aliphatic heterocycles. The highest BCUT2D eigenvalue weighted by molar-refractivity contribution is 7.46. The van der Waals surface area contributed by atoms with Crippen LogP contribution < -0.4 is 9.79 Å². The van der Waals surface area contributed by atoms with Gasteiger partial charge in [0.05, 0.1) is 55.5 Å². The van der Waals surface area contributed by atoms with E-state index in [9.17, 15) is 18.9 Å². The molecule has 0 spiro atoms. The third kappa shape index (κ3) is 35.0. The lowest BCUT2D eigenvalue weighted by atomic mass is 10.0. The summed E-state index contributed by atoms with van der Waals surface area (Å²) in [5.74, 6) is 0. The zero-order chi connectivity index (χ0) is 33.2. The van der Waals surface area contributed by atoms with Crippen molar-refractivity contribution in [3.8, 4) is 0 Å². The molecule has 0 aromatic heterocycles. The first kappa shape index (κ1) is 44.1. The third-order valence-electron chi connectivity index (χ3n) is 7.56. The van der Waals surface area contributed by atoms with E-state index in [4.69, 9.17) is 18.1 Å². The SMILES string of the molecule is C[N+](C)(C)CCOP(=O)([O-])OCCCCCCCCCCCCCCCCCCCCCCOP(=O)([O-])OCC[N+](C)(C)C. The molecule has 0 saturated heterocycles. The number of nitrogens with zero attached hydrogens (tertiary/aromatic N) is 2. The van der Waals surface area contributed by atoms with Gasteiger partial charge in [-0.25, -0.2) is 0 Å². The van der Waals surface area contributed by atoms with Gasteiger partial charge in [-0.1, -0.05) is 116 Å². The summed E-state index contributed by atoms with van der Waals surface area (Å²) < 4.78 is 44.5. The molecule has 0 amide bonds. The highest BCUT2D eigenvalue weighted by Crippen LogP contribution is 2.39. The molecule has 2 atom stereocenters. The molecule has 0 bridgehead atoms. The van der Waals surface area contributed by atoms with Crippen LogP contribution in [0.5, 0.6) is 0 Å². The predicted molar refractivity (Wildman–Crippen MR) is 177 cm³/mol. The molecule has 0 aromatic carbocycles. The average Bonchev–Trinajstić information content (AvgIpc) is 2.89. The molecule has 0 fully saturated rings. The van der Waals surface area contributed by atoms with Crippen LogP contribution >= 0.6 is 15.6 Å². The number of likely N-dealkylation sites (N-methyl/N-ethyl adjacent to an activating group) is 2. The minimum atomic E-state index is -4.16. The van der Waals surface area contributed by atoms with Gasteiger partial charge in [-0.15, -0.1) is 0 Å². The lowest BCUT2D eigenvalue weighted by Gasteiger charge is -2.27. The monoisotopic (exact) mass is 672 g/mol. The summed E-state index contributed by atoms with van der Waals surface area (Å²) in [6.07, 6.45) is 24.0. The zero-order valence-electron chi connectivity index (χ0n) is 29.4. The van der Waals surface area contributed by atoms with E-state index in [1.807, 2.05) is 42.3 Å². The van der Waals surface area contributed by atoms with E-state index >= 15 is 0 Å². The number of hydrogen-bond donors (Lipinski definition) is 0. The van der Waals surface area contributed by atoms with Crippen LogP contribution in [0, 0.1) is 0 Å². The lowest BCUT2D eigenvalue weighted by Crippen LogP contribution is -2.37. The second-order valence-electron chi connectivity index (χ2n) is 14.3. The van der Waals surface area contributed by atoms with Gasteiger partial charge in [0.2, 0.25) is 0 Å². The van der Waals surface area contributed by atoms with Gasteiger partial charge < -0.3 is 36.8 Å². The Morgan fingerprint density at radius 1 is 0.364 bits per heavy atom. The van der Waals surface area contributed by atoms with Gasteiger partial charge in [-0.05, 0) is 12.8 Å². The normalized spacial score (nSPS) is 15.4. The summed E-state index contributed by atoms with van der Waals surface area (Å²) in [5.41, 5.74) is 0. The quantitative estimate of drug-likeness (QED) is 0.0408. The van der Waals surface area contributed by atoms with Gasteiger partial charge >= 0.3 is 0 Å². The Hall–Kier alpha value is 0.140. The van der Waals surface area contributed by atoms with Crippen molar-refractivity contribution in [2.24, 2.45) is 0 Å². The zero-order valence-corrected chi connectivity index (χ0v) is 31.2. The first-order valence-corrected chi connectivity index (χ1v) is 20.4. The van der Waals surface area contributed by atoms with Crippen LogP contribution in [0.2, 0.25) is 0 Å². The van der Waals surface area contributed by atoms with Crippen LogP contribution in [0.4, 0.5) is 0 Å². The van der Waals surface area contributed by atoms with Gasteiger partial charge in [0.1, 0.15) is 26.3 Å². The Morgan fingerprint density at radius 2 is 0.545 bits per heavy atom. The van der Waals surface area contributed by atoms with E-state index in [2.05, 4.69) is 0 Å². The number of rotatable bonds is 33. The summed E-state index contributed by atoms with van der Waals surface area (Å²) in [6, 6.07) is 0. The summed E-state index contributed by atoms with van der Waals surface area (Å²) in [5, 5.41) is 0. The van der Waals surface area contributed by atoms with Gasteiger partial charge in [0, 0.05) is 0 Å². The number of quaternary nitrogens is 2.